The van der Waals surface area contributed by atoms with E-state index in [1.165, 1.54) is 39.3 Å². The van der Waals surface area contributed by atoms with Crippen molar-refractivity contribution in [1.82, 2.24) is 0 Å². The summed E-state index contributed by atoms with van der Waals surface area (Å²) in [5.41, 5.74) is 0. The zero-order valence-corrected chi connectivity index (χ0v) is 13.3. The number of benzene rings is 1. The first-order valence-corrected chi connectivity index (χ1v) is 8.12. The Balaban J connectivity index is 1.58. The highest BCUT2D eigenvalue weighted by atomic mass is 79.9. The summed E-state index contributed by atoms with van der Waals surface area (Å²) in [5, 5.41) is 0. The van der Waals surface area contributed by atoms with Gasteiger partial charge in [0.05, 0.1) is 19.7 Å². The lowest BCUT2D eigenvalue weighted by molar-refractivity contribution is -1.01. The Kier molecular flexibility index (Phi) is 6.14. The monoisotopic (exact) mass is 328 g/mol. The van der Waals surface area contributed by atoms with Gasteiger partial charge in [-0.3, -0.25) is 0 Å². The summed E-state index contributed by atoms with van der Waals surface area (Å²) < 4.78 is 6.85. The minimum atomic E-state index is 0.829. The normalized spacial score (nSPS) is 23.3. The maximum atomic E-state index is 5.75. The molecule has 0 saturated carbocycles. The minimum absolute atomic E-state index is 0.829. The molecule has 0 radical (unpaired) electrons. The molecule has 106 valence electrons. The van der Waals surface area contributed by atoms with Gasteiger partial charge in [0.2, 0.25) is 0 Å². The van der Waals surface area contributed by atoms with E-state index in [-0.39, 0.29) is 0 Å². The van der Waals surface area contributed by atoms with Gasteiger partial charge in [-0.25, -0.2) is 0 Å². The van der Waals surface area contributed by atoms with Gasteiger partial charge in [-0.15, -0.1) is 0 Å². The quantitative estimate of drug-likeness (QED) is 0.705. The second kappa shape index (κ2) is 7.88. The molecule has 0 amide bonds. The summed E-state index contributed by atoms with van der Waals surface area (Å²) in [6.07, 6.45) is 1.15. The molecule has 0 bridgehead atoms. The third-order valence-electron chi connectivity index (χ3n) is 3.92. The number of hydrogen-bond acceptors (Lipinski definition) is 1. The van der Waals surface area contributed by atoms with Crippen LogP contribution >= 0.6 is 15.9 Å². The molecule has 0 aliphatic carbocycles. The van der Waals surface area contributed by atoms with Gasteiger partial charge in [0.1, 0.15) is 31.9 Å². The van der Waals surface area contributed by atoms with Crippen LogP contribution in [-0.2, 0) is 0 Å². The van der Waals surface area contributed by atoms with E-state index in [2.05, 4.69) is 22.9 Å². The predicted molar refractivity (Wildman–Crippen MR) is 81.1 cm³/mol. The van der Waals surface area contributed by atoms with Crippen LogP contribution in [0.4, 0.5) is 0 Å². The molecule has 0 aromatic heterocycles. The van der Waals surface area contributed by atoms with Gasteiger partial charge in [-0.2, -0.15) is 0 Å². The van der Waals surface area contributed by atoms with E-state index in [1.807, 2.05) is 24.3 Å². The Morgan fingerprint density at radius 2 is 1.68 bits per heavy atom. The highest BCUT2D eigenvalue weighted by Crippen LogP contribution is 2.15. The SMILES string of the molecule is CC[NH+]1CC[NH+](CCCOc2ccc(Br)cc2)CC1. The van der Waals surface area contributed by atoms with Gasteiger partial charge in [0.15, 0.2) is 0 Å². The molecular formula is C15H25BrN2O+2. The van der Waals surface area contributed by atoms with E-state index in [0.717, 1.165) is 23.2 Å². The maximum absolute atomic E-state index is 5.75. The van der Waals surface area contributed by atoms with Crippen molar-refractivity contribution in [1.29, 1.82) is 0 Å². The first-order chi connectivity index (χ1) is 9.28. The number of hydrogen-bond donors (Lipinski definition) is 2. The van der Waals surface area contributed by atoms with Crippen molar-refractivity contribution >= 4 is 15.9 Å². The van der Waals surface area contributed by atoms with Crippen molar-refractivity contribution in [2.75, 3.05) is 45.9 Å². The Morgan fingerprint density at radius 3 is 2.32 bits per heavy atom. The van der Waals surface area contributed by atoms with Crippen molar-refractivity contribution in [2.45, 2.75) is 13.3 Å². The van der Waals surface area contributed by atoms with Crippen LogP contribution in [0, 0.1) is 0 Å². The molecule has 0 unspecified atom stereocenters. The third-order valence-corrected chi connectivity index (χ3v) is 4.45. The second-order valence-corrected chi connectivity index (χ2v) is 6.18. The molecule has 1 aliphatic rings. The number of rotatable bonds is 6. The molecule has 1 saturated heterocycles. The van der Waals surface area contributed by atoms with Crippen molar-refractivity contribution in [3.63, 3.8) is 0 Å². The molecule has 3 nitrogen and oxygen atoms in total. The number of ether oxygens (including phenoxy) is 1. The summed E-state index contributed by atoms with van der Waals surface area (Å²) >= 11 is 3.43. The molecular weight excluding hydrogens is 304 g/mol. The fraction of sp³-hybridized carbons (Fsp3) is 0.600. The standard InChI is InChI=1S/C15H23BrN2O/c1-2-17-9-11-18(12-10-17)8-3-13-19-15-6-4-14(16)5-7-15/h4-7H,2-3,8-13H2,1H3/p+2. The molecule has 1 aliphatic heterocycles. The number of nitrogens with one attached hydrogen (secondary N) is 2. The third kappa shape index (κ3) is 5.13. The van der Waals surface area contributed by atoms with E-state index in [4.69, 9.17) is 4.74 Å². The molecule has 19 heavy (non-hydrogen) atoms. The lowest BCUT2D eigenvalue weighted by Gasteiger charge is -2.28. The molecule has 1 aromatic carbocycles. The summed E-state index contributed by atoms with van der Waals surface area (Å²) in [6.45, 7) is 10.9. The Hall–Kier alpha value is -0.580. The summed E-state index contributed by atoms with van der Waals surface area (Å²) in [6, 6.07) is 8.07. The van der Waals surface area contributed by atoms with Gasteiger partial charge in [0, 0.05) is 10.9 Å². The lowest BCUT2D eigenvalue weighted by Crippen LogP contribution is -3.28. The summed E-state index contributed by atoms with van der Waals surface area (Å²) in [5.74, 6) is 0.971. The van der Waals surface area contributed by atoms with Crippen molar-refractivity contribution in [2.24, 2.45) is 0 Å². The van der Waals surface area contributed by atoms with E-state index in [1.54, 1.807) is 9.80 Å². The van der Waals surface area contributed by atoms with Crippen LogP contribution in [0.2, 0.25) is 0 Å². The van der Waals surface area contributed by atoms with Gasteiger partial charge < -0.3 is 14.5 Å². The van der Waals surface area contributed by atoms with Gasteiger partial charge in [0.25, 0.3) is 0 Å². The zero-order chi connectivity index (χ0) is 13.5. The van der Waals surface area contributed by atoms with Crippen molar-refractivity contribution < 1.29 is 14.5 Å². The maximum Gasteiger partial charge on any atom is 0.127 e. The Bertz CT molecular complexity index is 361. The van der Waals surface area contributed by atoms with Crippen LogP contribution in [0.15, 0.2) is 28.7 Å². The number of halogens is 1. The number of piperazine rings is 1. The summed E-state index contributed by atoms with van der Waals surface area (Å²) in [4.78, 5) is 3.51. The molecule has 0 spiro atoms. The highest BCUT2D eigenvalue weighted by Gasteiger charge is 2.20. The van der Waals surface area contributed by atoms with E-state index < -0.39 is 0 Å². The average molecular weight is 329 g/mol. The largest absolute Gasteiger partial charge is 0.493 e. The first kappa shape index (κ1) is 14.8. The minimum Gasteiger partial charge on any atom is -0.493 e. The van der Waals surface area contributed by atoms with Crippen LogP contribution in [0.1, 0.15) is 13.3 Å². The summed E-state index contributed by atoms with van der Waals surface area (Å²) in [7, 11) is 0. The van der Waals surface area contributed by atoms with Crippen molar-refractivity contribution in [3.8, 4) is 5.75 Å². The molecule has 4 heteroatoms. The fourth-order valence-corrected chi connectivity index (χ4v) is 2.87. The first-order valence-electron chi connectivity index (χ1n) is 7.33. The fourth-order valence-electron chi connectivity index (χ4n) is 2.60. The Morgan fingerprint density at radius 1 is 1.05 bits per heavy atom. The molecule has 1 heterocycles. The second-order valence-electron chi connectivity index (χ2n) is 5.26. The van der Waals surface area contributed by atoms with Crippen LogP contribution in [0.3, 0.4) is 0 Å². The van der Waals surface area contributed by atoms with Crippen LogP contribution in [0.25, 0.3) is 0 Å². The van der Waals surface area contributed by atoms with Gasteiger partial charge in [-0.05, 0) is 31.2 Å². The molecule has 0 atom stereocenters. The predicted octanol–water partition coefficient (Wildman–Crippen LogP) is 0.0213. The van der Waals surface area contributed by atoms with E-state index in [9.17, 15) is 0 Å². The molecule has 2 N–H and O–H groups in total. The molecule has 2 rings (SSSR count). The zero-order valence-electron chi connectivity index (χ0n) is 11.8. The number of likely N-dealkylation sites (N-methyl/N-ethyl adjacent to an activating group) is 1. The smallest absolute Gasteiger partial charge is 0.127 e. The topological polar surface area (TPSA) is 18.1 Å². The van der Waals surface area contributed by atoms with Crippen molar-refractivity contribution in [3.05, 3.63) is 28.7 Å². The van der Waals surface area contributed by atoms with Crippen LogP contribution < -0.4 is 14.5 Å². The van der Waals surface area contributed by atoms with Gasteiger partial charge in [-0.1, -0.05) is 15.9 Å². The van der Waals surface area contributed by atoms with Crippen LogP contribution in [0.5, 0.6) is 5.75 Å². The average Bonchev–Trinajstić information content (AvgIpc) is 2.46. The Labute approximate surface area is 124 Å². The van der Waals surface area contributed by atoms with Crippen LogP contribution in [-0.4, -0.2) is 45.9 Å². The van der Waals surface area contributed by atoms with Gasteiger partial charge >= 0.3 is 0 Å². The van der Waals surface area contributed by atoms with E-state index in [0.29, 0.717) is 0 Å². The van der Waals surface area contributed by atoms with E-state index >= 15 is 0 Å². The highest BCUT2D eigenvalue weighted by molar-refractivity contribution is 9.10. The molecule has 1 aromatic rings. The molecule has 1 fully saturated rings. The lowest BCUT2D eigenvalue weighted by atomic mass is 10.3. The number of quaternary nitrogens is 2.